The van der Waals surface area contributed by atoms with Gasteiger partial charge in [-0.15, -0.1) is 17.9 Å². The molecule has 0 aliphatic heterocycles. The lowest BCUT2D eigenvalue weighted by Gasteiger charge is -2.12. The molecule has 164 valence electrons. The highest BCUT2D eigenvalue weighted by Gasteiger charge is 2.17. The van der Waals surface area contributed by atoms with Gasteiger partial charge in [-0.05, 0) is 12.5 Å². The Morgan fingerprint density at radius 2 is 1.84 bits per heavy atom. The van der Waals surface area contributed by atoms with E-state index in [1.54, 1.807) is 17.7 Å². The molecule has 0 fully saturated rings. The van der Waals surface area contributed by atoms with Crippen LogP contribution in [0.3, 0.4) is 0 Å². The Kier molecular flexibility index (Phi) is 6.03. The third-order valence-electron chi connectivity index (χ3n) is 5.31. The van der Waals surface area contributed by atoms with Crippen molar-refractivity contribution in [1.29, 1.82) is 0 Å². The van der Waals surface area contributed by atoms with Gasteiger partial charge in [0, 0.05) is 49.1 Å². The number of thiophene rings is 1. The van der Waals surface area contributed by atoms with Gasteiger partial charge in [-0.2, -0.15) is 0 Å². The molecule has 0 saturated heterocycles. The van der Waals surface area contributed by atoms with Crippen LogP contribution >= 0.6 is 23.1 Å². The zero-order valence-corrected chi connectivity index (χ0v) is 19.6. The van der Waals surface area contributed by atoms with Crippen molar-refractivity contribution in [2.45, 2.75) is 24.4 Å². The number of aryl methyl sites for hydroxylation is 1. The topological polar surface area (TPSA) is 78.9 Å². The van der Waals surface area contributed by atoms with E-state index in [2.05, 4.69) is 6.58 Å². The average Bonchev–Trinajstić information content (AvgIpc) is 3.21. The van der Waals surface area contributed by atoms with E-state index in [1.807, 2.05) is 36.6 Å². The van der Waals surface area contributed by atoms with Crippen molar-refractivity contribution in [1.82, 2.24) is 18.7 Å². The first kappa shape index (κ1) is 22.0. The third kappa shape index (κ3) is 3.89. The monoisotopic (exact) mass is 466 g/mol. The minimum atomic E-state index is -0.388. The van der Waals surface area contributed by atoms with Gasteiger partial charge in [0.25, 0.3) is 11.1 Å². The summed E-state index contributed by atoms with van der Waals surface area (Å²) in [6.45, 7) is 6.11. The van der Waals surface area contributed by atoms with Crippen molar-refractivity contribution in [3.63, 3.8) is 0 Å². The van der Waals surface area contributed by atoms with Crippen LogP contribution in [0.5, 0.6) is 0 Å². The lowest BCUT2D eigenvalue weighted by molar-refractivity contribution is 0.660. The maximum absolute atomic E-state index is 13.5. The quantitative estimate of drug-likeness (QED) is 0.247. The van der Waals surface area contributed by atoms with E-state index < -0.39 is 0 Å². The number of hydrogen-bond donors (Lipinski definition) is 0. The van der Waals surface area contributed by atoms with E-state index >= 15 is 0 Å². The summed E-state index contributed by atoms with van der Waals surface area (Å²) < 4.78 is 4.08. The SMILES string of the molecule is C=CCn1c(SCc2cc(=O)n(C)c(=O)n2C)nc2scc(-c3ccc(C)cc3)c2c1=O. The molecule has 0 saturated carbocycles. The highest BCUT2D eigenvalue weighted by Crippen LogP contribution is 2.32. The predicted molar refractivity (Wildman–Crippen MR) is 131 cm³/mol. The Morgan fingerprint density at radius 3 is 2.53 bits per heavy atom. The molecule has 0 N–H and O–H groups in total. The second-order valence-corrected chi connectivity index (χ2v) is 9.26. The van der Waals surface area contributed by atoms with Gasteiger partial charge in [0.2, 0.25) is 0 Å². The first-order valence-corrected chi connectivity index (χ1v) is 11.8. The fourth-order valence-electron chi connectivity index (χ4n) is 3.41. The van der Waals surface area contributed by atoms with Crippen molar-refractivity contribution in [2.75, 3.05) is 0 Å². The molecular formula is C23H22N4O3S2. The summed E-state index contributed by atoms with van der Waals surface area (Å²) >= 11 is 2.74. The molecule has 4 rings (SSSR count). The number of allylic oxidation sites excluding steroid dienone is 1. The van der Waals surface area contributed by atoms with Crippen LogP contribution in [0.25, 0.3) is 21.3 Å². The number of aromatic nitrogens is 4. The Balaban J connectivity index is 1.79. The Bertz CT molecular complexity index is 1510. The normalized spacial score (nSPS) is 11.2. The molecule has 3 heterocycles. The van der Waals surface area contributed by atoms with E-state index in [9.17, 15) is 14.4 Å². The Hall–Kier alpha value is -3.17. The van der Waals surface area contributed by atoms with Gasteiger partial charge in [0.15, 0.2) is 5.16 Å². The molecule has 9 heteroatoms. The minimum Gasteiger partial charge on any atom is -0.300 e. The predicted octanol–water partition coefficient (Wildman–Crippen LogP) is 3.31. The number of hydrogen-bond acceptors (Lipinski definition) is 6. The zero-order valence-electron chi connectivity index (χ0n) is 18.0. The van der Waals surface area contributed by atoms with Crippen LogP contribution in [0, 0.1) is 6.92 Å². The van der Waals surface area contributed by atoms with Crippen LogP contribution in [0.15, 0.2) is 67.9 Å². The minimum absolute atomic E-state index is 0.132. The molecule has 0 atom stereocenters. The van der Waals surface area contributed by atoms with E-state index in [0.29, 0.717) is 33.4 Å². The van der Waals surface area contributed by atoms with Crippen LogP contribution in [0.1, 0.15) is 11.3 Å². The first-order chi connectivity index (χ1) is 15.3. The molecule has 0 radical (unpaired) electrons. The molecule has 3 aromatic heterocycles. The van der Waals surface area contributed by atoms with Crippen molar-refractivity contribution in [3.05, 3.63) is 90.8 Å². The van der Waals surface area contributed by atoms with E-state index in [-0.39, 0.29) is 16.8 Å². The molecule has 0 unspecified atom stereocenters. The average molecular weight is 467 g/mol. The van der Waals surface area contributed by atoms with Crippen molar-refractivity contribution >= 4 is 33.3 Å². The van der Waals surface area contributed by atoms with Gasteiger partial charge in [-0.3, -0.25) is 23.3 Å². The molecule has 1 aromatic carbocycles. The molecule has 7 nitrogen and oxygen atoms in total. The largest absolute Gasteiger partial charge is 0.330 e. The Labute approximate surface area is 192 Å². The second-order valence-electron chi connectivity index (χ2n) is 7.46. The van der Waals surface area contributed by atoms with E-state index in [0.717, 1.165) is 21.3 Å². The molecular weight excluding hydrogens is 444 g/mol. The Morgan fingerprint density at radius 1 is 1.12 bits per heavy atom. The van der Waals surface area contributed by atoms with Gasteiger partial charge < -0.3 is 0 Å². The van der Waals surface area contributed by atoms with Gasteiger partial charge in [0.05, 0.1) is 5.39 Å². The summed E-state index contributed by atoms with van der Waals surface area (Å²) in [7, 11) is 3.07. The van der Waals surface area contributed by atoms with Crippen molar-refractivity contribution < 1.29 is 0 Å². The lowest BCUT2D eigenvalue weighted by Crippen LogP contribution is -2.37. The van der Waals surface area contributed by atoms with Crippen LogP contribution in [0.4, 0.5) is 0 Å². The smallest absolute Gasteiger partial charge is 0.300 e. The highest BCUT2D eigenvalue weighted by atomic mass is 32.2. The molecule has 32 heavy (non-hydrogen) atoms. The van der Waals surface area contributed by atoms with Crippen LogP contribution < -0.4 is 16.8 Å². The summed E-state index contributed by atoms with van der Waals surface area (Å²) in [6, 6.07) is 9.49. The summed E-state index contributed by atoms with van der Waals surface area (Å²) in [4.78, 5) is 43.1. The van der Waals surface area contributed by atoms with Crippen LogP contribution in [-0.4, -0.2) is 18.7 Å². The summed E-state index contributed by atoms with van der Waals surface area (Å²) in [5.74, 6) is 0.326. The zero-order chi connectivity index (χ0) is 23.0. The van der Waals surface area contributed by atoms with Crippen LogP contribution in [0.2, 0.25) is 0 Å². The fraction of sp³-hybridized carbons (Fsp3) is 0.217. The van der Waals surface area contributed by atoms with E-state index in [4.69, 9.17) is 4.98 Å². The second kappa shape index (κ2) is 8.76. The van der Waals surface area contributed by atoms with E-state index in [1.165, 1.54) is 40.8 Å². The lowest BCUT2D eigenvalue weighted by atomic mass is 10.1. The van der Waals surface area contributed by atoms with Crippen molar-refractivity contribution in [3.8, 4) is 11.1 Å². The molecule has 0 amide bonds. The third-order valence-corrected chi connectivity index (χ3v) is 7.19. The maximum atomic E-state index is 13.5. The van der Waals surface area contributed by atoms with Crippen LogP contribution in [-0.2, 0) is 26.4 Å². The van der Waals surface area contributed by atoms with Gasteiger partial charge >= 0.3 is 5.69 Å². The number of benzene rings is 1. The molecule has 0 aliphatic carbocycles. The maximum Gasteiger partial charge on any atom is 0.330 e. The number of rotatable bonds is 6. The summed E-state index contributed by atoms with van der Waals surface area (Å²) in [5, 5.41) is 3.07. The molecule has 0 spiro atoms. The highest BCUT2D eigenvalue weighted by molar-refractivity contribution is 7.98. The fourth-order valence-corrected chi connectivity index (χ4v) is 5.43. The first-order valence-electron chi connectivity index (χ1n) is 9.90. The molecule has 0 aliphatic rings. The van der Waals surface area contributed by atoms with Gasteiger partial charge in [-0.1, -0.05) is 47.7 Å². The van der Waals surface area contributed by atoms with Gasteiger partial charge in [-0.25, -0.2) is 9.78 Å². The number of fused-ring (bicyclic) bond motifs is 1. The standard InChI is InChI=1S/C23H22N4O3S2/c1-5-10-27-21(29)19-17(15-8-6-14(2)7-9-15)13-31-20(19)24-22(27)32-12-16-11-18(28)26(4)23(30)25(16)3/h5-9,11,13H,1,10,12H2,2-4H3. The van der Waals surface area contributed by atoms with Crippen molar-refractivity contribution in [2.24, 2.45) is 14.1 Å². The number of thioether (sulfide) groups is 1. The summed E-state index contributed by atoms with van der Waals surface area (Å²) in [6.07, 6.45) is 1.66. The van der Waals surface area contributed by atoms with Gasteiger partial charge in [0.1, 0.15) is 4.83 Å². The summed E-state index contributed by atoms with van der Waals surface area (Å²) in [5.41, 5.74) is 2.67. The number of nitrogens with zero attached hydrogens (tertiary/aromatic N) is 4. The molecule has 4 aromatic rings. The molecule has 0 bridgehead atoms.